The van der Waals surface area contributed by atoms with E-state index in [4.69, 9.17) is 19.9 Å². The molecule has 3 N–H and O–H groups in total. The van der Waals surface area contributed by atoms with E-state index in [0.29, 0.717) is 45.6 Å². The first-order valence-electron chi connectivity index (χ1n) is 11.1. The topological polar surface area (TPSA) is 86.1 Å². The van der Waals surface area contributed by atoms with E-state index >= 15 is 0 Å². The number of nitrogens with two attached hydrogens (primary N) is 1. The summed E-state index contributed by atoms with van der Waals surface area (Å²) in [6, 6.07) is 0.378. The van der Waals surface area contributed by atoms with Gasteiger partial charge < -0.3 is 30.2 Å². The Morgan fingerprint density at radius 1 is 1.07 bits per heavy atom. The Hall–Kier alpha value is -0.730. The number of nitrogens with one attached hydrogen (secondary N) is 1. The molecule has 1 unspecified atom stereocenters. The second-order valence-corrected chi connectivity index (χ2v) is 7.00. The highest BCUT2D eigenvalue weighted by atomic mass is 16.5. The van der Waals surface area contributed by atoms with E-state index < -0.39 is 0 Å². The van der Waals surface area contributed by atoms with Gasteiger partial charge in [0.1, 0.15) is 0 Å². The highest BCUT2D eigenvalue weighted by Gasteiger charge is 2.15. The van der Waals surface area contributed by atoms with E-state index in [-0.39, 0.29) is 14.7 Å². The summed E-state index contributed by atoms with van der Waals surface area (Å²) in [7, 11) is 0. The summed E-state index contributed by atoms with van der Waals surface area (Å²) in [5.41, 5.74) is 5.89. The zero-order valence-electron chi connectivity index (χ0n) is 18.7. The zero-order valence-corrected chi connectivity index (χ0v) is 18.7. The van der Waals surface area contributed by atoms with Gasteiger partial charge in [-0.25, -0.2) is 0 Å². The molecule has 0 aromatic carbocycles. The minimum absolute atomic E-state index is 0. The lowest BCUT2D eigenvalue weighted by molar-refractivity contribution is -0.124. The van der Waals surface area contributed by atoms with Gasteiger partial charge in [0.05, 0.1) is 39.6 Å². The normalized spacial score (nSPS) is 16.3. The van der Waals surface area contributed by atoms with Gasteiger partial charge in [-0.15, -0.1) is 0 Å². The maximum atomic E-state index is 11.7. The van der Waals surface area contributed by atoms with Crippen LogP contribution in [0.3, 0.4) is 0 Å². The summed E-state index contributed by atoms with van der Waals surface area (Å²) in [5.74, 6) is 0.187. The number of rotatable bonds is 15. The fourth-order valence-corrected chi connectivity index (χ4v) is 2.90. The van der Waals surface area contributed by atoms with E-state index in [9.17, 15) is 4.79 Å². The number of ether oxygens (including phenoxy) is 3. The van der Waals surface area contributed by atoms with Crippen LogP contribution in [0.25, 0.3) is 0 Å². The molecule has 7 heteroatoms. The lowest BCUT2D eigenvalue weighted by atomic mass is 10.1. The fourth-order valence-electron chi connectivity index (χ4n) is 2.90. The van der Waals surface area contributed by atoms with Crippen molar-refractivity contribution in [3.8, 4) is 0 Å². The fraction of sp³-hybridized carbons (Fsp3) is 0.952. The molecule has 1 heterocycles. The molecule has 1 rings (SSSR count). The number of carbonyl (C=O) groups excluding carboxylic acids is 1. The maximum Gasteiger partial charge on any atom is 0.222 e. The third-order valence-electron chi connectivity index (χ3n) is 4.64. The minimum Gasteiger partial charge on any atom is -0.378 e. The standard InChI is InChI=1S/C19H39N3O4.C2H6.2H2/c1-3-4-17(2)19(23)21-7-11-24-13-15-26-16-14-25-12-10-22-8-5-18(20)6-9-22;1-2;;/h17-18H,3-16,20H2,1-2H3,(H,21,23);1-2H3;2*1H. The molecule has 172 valence electrons. The van der Waals surface area contributed by atoms with Crippen molar-refractivity contribution in [3.63, 3.8) is 0 Å². The van der Waals surface area contributed by atoms with Crippen molar-refractivity contribution in [2.75, 3.05) is 65.8 Å². The third-order valence-corrected chi connectivity index (χ3v) is 4.64. The van der Waals surface area contributed by atoms with Crippen LogP contribution < -0.4 is 11.1 Å². The molecule has 7 nitrogen and oxygen atoms in total. The van der Waals surface area contributed by atoms with Crippen LogP contribution in [-0.4, -0.2) is 82.7 Å². The Kier molecular flexibility index (Phi) is 19.1. The van der Waals surface area contributed by atoms with Crippen LogP contribution in [0.1, 0.15) is 56.2 Å². The Morgan fingerprint density at radius 2 is 1.61 bits per heavy atom. The largest absolute Gasteiger partial charge is 0.378 e. The first-order chi connectivity index (χ1) is 13.6. The second-order valence-electron chi connectivity index (χ2n) is 7.00. The van der Waals surface area contributed by atoms with Gasteiger partial charge in [-0.1, -0.05) is 34.1 Å². The third kappa shape index (κ3) is 15.2. The van der Waals surface area contributed by atoms with Crippen molar-refractivity contribution in [3.05, 3.63) is 0 Å². The number of amides is 1. The predicted octanol–water partition coefficient (Wildman–Crippen LogP) is 2.53. The lowest BCUT2D eigenvalue weighted by Gasteiger charge is -2.29. The maximum absolute atomic E-state index is 11.7. The van der Waals surface area contributed by atoms with Gasteiger partial charge in [0.25, 0.3) is 0 Å². The highest BCUT2D eigenvalue weighted by molar-refractivity contribution is 5.78. The van der Waals surface area contributed by atoms with Crippen LogP contribution in [0.15, 0.2) is 0 Å². The van der Waals surface area contributed by atoms with Crippen LogP contribution in [0.5, 0.6) is 0 Å². The second kappa shape index (κ2) is 19.6. The molecule has 0 saturated carbocycles. The Morgan fingerprint density at radius 3 is 2.18 bits per heavy atom. The summed E-state index contributed by atoms with van der Waals surface area (Å²) >= 11 is 0. The number of likely N-dealkylation sites (tertiary alicyclic amines) is 1. The quantitative estimate of drug-likeness (QED) is 0.406. The summed E-state index contributed by atoms with van der Waals surface area (Å²) in [5, 5.41) is 2.89. The molecule has 28 heavy (non-hydrogen) atoms. The predicted molar refractivity (Wildman–Crippen MR) is 119 cm³/mol. The molecular formula is C21H49N3O4. The zero-order chi connectivity index (χ0) is 21.0. The molecule has 0 aromatic rings. The molecule has 1 amide bonds. The van der Waals surface area contributed by atoms with Gasteiger partial charge in [-0.2, -0.15) is 0 Å². The molecular weight excluding hydrogens is 358 g/mol. The molecule has 0 spiro atoms. The van der Waals surface area contributed by atoms with E-state index in [1.807, 2.05) is 20.8 Å². The van der Waals surface area contributed by atoms with Gasteiger partial charge in [0, 0.05) is 27.9 Å². The molecule has 1 aliphatic rings. The van der Waals surface area contributed by atoms with Gasteiger partial charge in [0.15, 0.2) is 0 Å². The summed E-state index contributed by atoms with van der Waals surface area (Å²) in [6.07, 6.45) is 4.13. The molecule has 0 radical (unpaired) electrons. The number of hydrogen-bond acceptors (Lipinski definition) is 6. The molecule has 0 bridgehead atoms. The van der Waals surface area contributed by atoms with Gasteiger partial charge >= 0.3 is 0 Å². The van der Waals surface area contributed by atoms with Gasteiger partial charge in [-0.3, -0.25) is 4.79 Å². The first-order valence-corrected chi connectivity index (χ1v) is 11.1. The van der Waals surface area contributed by atoms with Gasteiger partial charge in [-0.05, 0) is 32.4 Å². The van der Waals surface area contributed by atoms with Crippen molar-refractivity contribution >= 4 is 5.91 Å². The van der Waals surface area contributed by atoms with Gasteiger partial charge in [0.2, 0.25) is 5.91 Å². The average Bonchev–Trinajstić information content (AvgIpc) is 2.71. The first kappa shape index (κ1) is 27.3. The minimum atomic E-state index is 0. The SMILES string of the molecule is CC.CCCC(C)C(=O)NCCOCCOCCOCCN1CCC(N)CC1.[HH].[HH]. The monoisotopic (exact) mass is 407 g/mol. The smallest absolute Gasteiger partial charge is 0.222 e. The van der Waals surface area contributed by atoms with Crippen LogP contribution >= 0.6 is 0 Å². The van der Waals surface area contributed by atoms with E-state index in [1.165, 1.54) is 0 Å². The van der Waals surface area contributed by atoms with Crippen molar-refractivity contribution < 1.29 is 21.9 Å². The van der Waals surface area contributed by atoms with Crippen LogP contribution in [0, 0.1) is 5.92 Å². The van der Waals surface area contributed by atoms with Crippen molar-refractivity contribution in [1.29, 1.82) is 0 Å². The number of hydrogen-bond donors (Lipinski definition) is 2. The van der Waals surface area contributed by atoms with Crippen molar-refractivity contribution in [1.82, 2.24) is 10.2 Å². The Balaban J connectivity index is -0.00000176. The van der Waals surface area contributed by atoms with E-state index in [1.54, 1.807) is 0 Å². The van der Waals surface area contributed by atoms with E-state index in [0.717, 1.165) is 51.9 Å². The van der Waals surface area contributed by atoms with Crippen LogP contribution in [0.4, 0.5) is 0 Å². The Bertz CT molecular complexity index is 361. The number of piperidine rings is 1. The molecule has 1 atom stereocenters. The summed E-state index contributed by atoms with van der Waals surface area (Å²) < 4.78 is 16.5. The van der Waals surface area contributed by atoms with Crippen molar-refractivity contribution in [2.24, 2.45) is 11.7 Å². The molecule has 1 aliphatic heterocycles. The number of nitrogens with zero attached hydrogens (tertiary/aromatic N) is 1. The summed E-state index contributed by atoms with van der Waals surface area (Å²) in [4.78, 5) is 14.1. The van der Waals surface area contributed by atoms with E-state index in [2.05, 4.69) is 17.1 Å². The molecule has 1 fully saturated rings. The summed E-state index contributed by atoms with van der Waals surface area (Å²) in [6.45, 7) is 15.3. The number of carbonyl (C=O) groups is 1. The van der Waals surface area contributed by atoms with Crippen LogP contribution in [-0.2, 0) is 19.0 Å². The average molecular weight is 408 g/mol. The Labute approximate surface area is 175 Å². The highest BCUT2D eigenvalue weighted by Crippen LogP contribution is 2.07. The lowest BCUT2D eigenvalue weighted by Crippen LogP contribution is -2.41. The molecule has 1 saturated heterocycles. The van der Waals surface area contributed by atoms with Crippen molar-refractivity contribution in [2.45, 2.75) is 59.4 Å². The van der Waals surface area contributed by atoms with Crippen LogP contribution in [0.2, 0.25) is 0 Å². The molecule has 0 aliphatic carbocycles. The molecule has 0 aromatic heterocycles.